The molecule has 8 N–H and O–H groups in total. The van der Waals surface area contributed by atoms with Crippen LogP contribution in [-0.4, -0.2) is 216 Å². The normalized spacial score (nSPS) is 41.1. The largest absolute Gasteiger partial charge is 0.458 e. The van der Waals surface area contributed by atoms with Gasteiger partial charge in [-0.1, -0.05) is 115 Å². The number of methoxy groups -OCH3 is 4. The second-order valence-electron chi connectivity index (χ2n) is 30.3. The summed E-state index contributed by atoms with van der Waals surface area (Å²) in [6.45, 7) is 22.5. The van der Waals surface area contributed by atoms with Crippen molar-refractivity contribution in [1.82, 2.24) is 0 Å². The SMILES string of the molecule is CO[C@H]1C[C@H](CC[C@H](C)[C@H](O)[C@H](C)[C@H]2OC(=O)/C=C/C(C)=C/C[C@H](O)C[C@@H]3C=CC[C@@H](C[C@H](OC)[C@H](C)[C@H](O)C[C@@H](O)C(C)[C@@H]([C@@H](C)[C@@H](O)[C@@H](C)CC[C@H]4C[C@H](OC)C[C@H](C)O4)OC(=O)/C=C/C(C)=C/C[C@H](O)C[C@@H]4C=CC[C@@H](C[C@H](OC)[C@@H](C)[C@H](O)C[C@@H](O)[C@@H]2C)O4)O3)O[C@@H](C)C1. The average molecular weight is 1390 g/mol. The van der Waals surface area contributed by atoms with Crippen molar-refractivity contribution in [2.24, 2.45) is 47.3 Å². The van der Waals surface area contributed by atoms with Crippen LogP contribution in [0.5, 0.6) is 0 Å². The minimum Gasteiger partial charge on any atom is -0.458 e. The predicted octanol–water partition coefficient (Wildman–Crippen LogP) is 10.1. The zero-order valence-electron chi connectivity index (χ0n) is 62.3. The highest BCUT2D eigenvalue weighted by atomic mass is 16.6. The first kappa shape index (κ1) is 85.4. The Hall–Kier alpha value is -3.26. The van der Waals surface area contributed by atoms with Gasteiger partial charge in [0.25, 0.3) is 0 Å². The summed E-state index contributed by atoms with van der Waals surface area (Å²) in [5, 5.41) is 94.4. The molecule has 20 heteroatoms. The molecule has 2 fully saturated rings. The zero-order chi connectivity index (χ0) is 72.5. The van der Waals surface area contributed by atoms with Crippen molar-refractivity contribution in [3.8, 4) is 0 Å². The van der Waals surface area contributed by atoms with E-state index in [0.29, 0.717) is 62.5 Å². The maximum Gasteiger partial charge on any atom is 0.331 e. The number of cyclic esters (lactones) is 2. The molecular weight excluding hydrogens is 1260 g/mol. The quantitative estimate of drug-likeness (QED) is 0.0527. The van der Waals surface area contributed by atoms with Crippen LogP contribution < -0.4 is 0 Å². The van der Waals surface area contributed by atoms with E-state index in [1.54, 1.807) is 54.4 Å². The number of hydrogen-bond acceptors (Lipinski definition) is 20. The minimum absolute atomic E-state index is 0.0293. The van der Waals surface area contributed by atoms with Gasteiger partial charge in [0.15, 0.2) is 0 Å². The van der Waals surface area contributed by atoms with Crippen LogP contribution in [0.4, 0.5) is 0 Å². The lowest BCUT2D eigenvalue weighted by Gasteiger charge is -2.38. The molecule has 0 aliphatic carbocycles. The van der Waals surface area contributed by atoms with Crippen LogP contribution in [0.1, 0.15) is 199 Å². The Bertz CT molecular complexity index is 2320. The molecule has 4 bridgehead atoms. The van der Waals surface area contributed by atoms with Gasteiger partial charge in [0.1, 0.15) is 12.2 Å². The van der Waals surface area contributed by atoms with E-state index in [2.05, 4.69) is 0 Å². The van der Waals surface area contributed by atoms with Gasteiger partial charge in [-0.2, -0.15) is 0 Å². The van der Waals surface area contributed by atoms with E-state index in [9.17, 15) is 50.4 Å². The van der Waals surface area contributed by atoms with Crippen molar-refractivity contribution < 1.29 is 97.8 Å². The highest BCUT2D eigenvalue weighted by molar-refractivity contribution is 5.83. The lowest BCUT2D eigenvalue weighted by Crippen LogP contribution is -2.45. The highest BCUT2D eigenvalue weighted by Crippen LogP contribution is 2.37. The number of ether oxygens (including phenoxy) is 10. The van der Waals surface area contributed by atoms with Crippen molar-refractivity contribution in [1.29, 1.82) is 0 Å². The van der Waals surface area contributed by atoms with E-state index in [1.807, 2.05) is 106 Å². The van der Waals surface area contributed by atoms with E-state index in [1.165, 1.54) is 12.2 Å². The first-order valence-electron chi connectivity index (χ1n) is 37.1. The van der Waals surface area contributed by atoms with Crippen LogP contribution in [0.2, 0.25) is 0 Å². The van der Waals surface area contributed by atoms with Crippen molar-refractivity contribution in [2.75, 3.05) is 28.4 Å². The van der Waals surface area contributed by atoms with E-state index in [0.717, 1.165) is 25.7 Å². The molecule has 20 nitrogen and oxygen atoms in total. The highest BCUT2D eigenvalue weighted by Gasteiger charge is 2.42. The third-order valence-corrected chi connectivity index (χ3v) is 22.3. The molecule has 2 saturated heterocycles. The molecule has 98 heavy (non-hydrogen) atoms. The molecule has 5 rings (SSSR count). The molecule has 0 radical (unpaired) electrons. The van der Waals surface area contributed by atoms with Crippen molar-refractivity contribution in [3.05, 3.63) is 71.9 Å². The fraction of sp³-hybridized carbons (Fsp3) is 0.821. The number of aliphatic hydroxyl groups is 8. The topological polar surface area (TPSA) is 288 Å². The Morgan fingerprint density at radius 1 is 0.449 bits per heavy atom. The van der Waals surface area contributed by atoms with Crippen molar-refractivity contribution in [2.45, 2.75) is 333 Å². The number of aliphatic hydroxyl groups excluding tert-OH is 8. The molecule has 0 spiro atoms. The number of carbonyl (C=O) groups is 2. The van der Waals surface area contributed by atoms with Crippen LogP contribution in [0.25, 0.3) is 0 Å². The molecule has 30 atom stereocenters. The fourth-order valence-corrected chi connectivity index (χ4v) is 15.3. The van der Waals surface area contributed by atoms with Gasteiger partial charge in [-0.25, -0.2) is 9.59 Å². The second kappa shape index (κ2) is 43.1. The molecule has 5 aliphatic rings. The standard InChI is InChI=1S/C78H132O20/c1-45-23-29-57(79)37-59-19-17-21-61(95-59)41-71(91-15)52(8)68(82)44-70(84)54(10)78(56(12)76(88)48(4)28-32-64-40-66(90-14)36-50(6)94-64)98-74(86)34-26-46(2)24-30-58(80)38-60-20-18-22-62(96-60)42-72(92-16)51(7)67(81)43-69(83)53(9)77(97-73(85)33-25-45)55(11)75(87)47(3)27-31-63-39-65(89-13)35-49(5)93-63/h17-20,23-26,33-34,47-72,75-84,87-88H,21-22,27-32,35-44H2,1-16H3/b33-25+,34-26+,45-23+,46-24+/t47-,48-,49-,50-,51-,52+,53-,54?,55-,56-,57-,58-,59-,60-,61-,62-,63-,64-,65+,66+,67+,68+,69+,70+,71-,72-,75-,76-,77-,78-/m0/s1. The summed E-state index contributed by atoms with van der Waals surface area (Å²) in [7, 11) is 6.58. The molecule has 0 aromatic rings. The zero-order valence-corrected chi connectivity index (χ0v) is 62.3. The number of carbonyl (C=O) groups excluding carboxylic acids is 2. The van der Waals surface area contributed by atoms with Crippen LogP contribution in [0.3, 0.4) is 0 Å². The van der Waals surface area contributed by atoms with Gasteiger partial charge in [0.05, 0.1) is 122 Å². The predicted molar refractivity (Wildman–Crippen MR) is 377 cm³/mol. The average Bonchev–Trinajstić information content (AvgIpc) is 0.853. The number of allylic oxidation sites excluding steroid dienone is 4. The summed E-state index contributed by atoms with van der Waals surface area (Å²) in [5.41, 5.74) is 1.39. The first-order chi connectivity index (χ1) is 46.4. The van der Waals surface area contributed by atoms with Gasteiger partial charge >= 0.3 is 11.9 Å². The number of rotatable bonds is 16. The van der Waals surface area contributed by atoms with Crippen LogP contribution in [-0.2, 0) is 57.0 Å². The molecule has 1 unspecified atom stereocenters. The number of fused-ring (bicyclic) bond motifs is 4. The Labute approximate surface area is 587 Å². The van der Waals surface area contributed by atoms with Crippen molar-refractivity contribution >= 4 is 11.9 Å². The summed E-state index contributed by atoms with van der Waals surface area (Å²) in [6, 6.07) is 0. The third-order valence-electron chi connectivity index (χ3n) is 22.3. The second-order valence-corrected chi connectivity index (χ2v) is 30.3. The summed E-state index contributed by atoms with van der Waals surface area (Å²) >= 11 is 0. The molecule has 0 saturated carbocycles. The maximum absolute atomic E-state index is 13.9. The Morgan fingerprint density at radius 3 is 1.15 bits per heavy atom. The molecule has 564 valence electrons. The lowest BCUT2D eigenvalue weighted by molar-refractivity contribution is -0.158. The Kier molecular flexibility index (Phi) is 37.6. The van der Waals surface area contributed by atoms with Crippen molar-refractivity contribution in [3.63, 3.8) is 0 Å². The van der Waals surface area contributed by atoms with Gasteiger partial charge in [-0.3, -0.25) is 0 Å². The van der Waals surface area contributed by atoms with Crippen LogP contribution >= 0.6 is 0 Å². The molecule has 5 heterocycles. The number of hydrogen-bond donors (Lipinski definition) is 8. The maximum atomic E-state index is 13.9. The van der Waals surface area contributed by atoms with Crippen LogP contribution in [0, 0.1) is 47.3 Å². The number of esters is 2. The molecule has 0 aromatic carbocycles. The summed E-state index contributed by atoms with van der Waals surface area (Å²) in [4.78, 5) is 27.8. The van der Waals surface area contributed by atoms with Gasteiger partial charge in [0, 0.05) is 102 Å². The van der Waals surface area contributed by atoms with Crippen LogP contribution in [0.15, 0.2) is 71.9 Å². The van der Waals surface area contributed by atoms with E-state index >= 15 is 0 Å². The van der Waals surface area contributed by atoms with Gasteiger partial charge in [0.2, 0.25) is 0 Å². The summed E-state index contributed by atoms with van der Waals surface area (Å²) in [6.07, 6.45) is 14.1. The fourth-order valence-electron chi connectivity index (χ4n) is 15.3. The molecular formula is C78H132O20. The Balaban J connectivity index is 1.36. The molecule has 0 aromatic heterocycles. The van der Waals surface area contributed by atoms with E-state index in [4.69, 9.17) is 47.4 Å². The molecule has 0 amide bonds. The molecule has 5 aliphatic heterocycles. The van der Waals surface area contributed by atoms with E-state index < -0.39 is 133 Å². The first-order valence-corrected chi connectivity index (χ1v) is 37.1. The van der Waals surface area contributed by atoms with Gasteiger partial charge < -0.3 is 88.2 Å². The lowest BCUT2D eigenvalue weighted by atomic mass is 9.78. The summed E-state index contributed by atoms with van der Waals surface area (Å²) in [5.74, 6) is -5.50. The third kappa shape index (κ3) is 28.1. The monoisotopic (exact) mass is 1390 g/mol. The smallest absolute Gasteiger partial charge is 0.331 e. The Morgan fingerprint density at radius 2 is 0.806 bits per heavy atom. The minimum atomic E-state index is -1.16. The van der Waals surface area contributed by atoms with Gasteiger partial charge in [-0.15, -0.1) is 0 Å². The van der Waals surface area contributed by atoms with E-state index in [-0.39, 0.29) is 99.2 Å². The summed E-state index contributed by atoms with van der Waals surface area (Å²) < 4.78 is 61.3. The van der Waals surface area contributed by atoms with Gasteiger partial charge in [-0.05, 0) is 129 Å².